The van der Waals surface area contributed by atoms with Gasteiger partial charge >= 0.3 is 0 Å². The fourth-order valence-corrected chi connectivity index (χ4v) is 3.21. The Labute approximate surface area is 169 Å². The molecule has 0 saturated carbocycles. The number of benzene rings is 2. The first-order chi connectivity index (χ1) is 13.2. The van der Waals surface area contributed by atoms with Crippen molar-refractivity contribution in [3.8, 4) is 11.5 Å². The molecule has 0 aromatic heterocycles. The summed E-state index contributed by atoms with van der Waals surface area (Å²) in [5.41, 5.74) is 3.40. The van der Waals surface area contributed by atoms with Crippen LogP contribution >= 0.6 is 11.6 Å². The van der Waals surface area contributed by atoms with Crippen molar-refractivity contribution < 1.29 is 9.47 Å². The van der Waals surface area contributed by atoms with Gasteiger partial charge in [0.15, 0.2) is 11.5 Å². The van der Waals surface area contributed by atoms with Gasteiger partial charge in [0.1, 0.15) is 6.61 Å². The third kappa shape index (κ3) is 7.08. The maximum absolute atomic E-state index is 6.48. The smallest absolute Gasteiger partial charge is 0.163 e. The van der Waals surface area contributed by atoms with Gasteiger partial charge in [0.25, 0.3) is 0 Å². The molecule has 0 atom stereocenters. The van der Waals surface area contributed by atoms with Gasteiger partial charge in [-0.05, 0) is 42.6 Å². The number of halogens is 1. The molecule has 2 aromatic carbocycles. The van der Waals surface area contributed by atoms with Crippen molar-refractivity contribution >= 4 is 11.6 Å². The number of methoxy groups -OCH3 is 1. The molecule has 0 spiro atoms. The van der Waals surface area contributed by atoms with Crippen LogP contribution in [0, 0.1) is 6.92 Å². The van der Waals surface area contributed by atoms with Crippen molar-refractivity contribution in [2.24, 2.45) is 0 Å². The molecule has 0 fully saturated rings. The van der Waals surface area contributed by atoms with E-state index in [1.807, 2.05) is 24.3 Å². The highest BCUT2D eigenvalue weighted by Gasteiger charge is 2.11. The van der Waals surface area contributed by atoms with E-state index >= 15 is 0 Å². The van der Waals surface area contributed by atoms with E-state index in [0.29, 0.717) is 23.1 Å². The monoisotopic (exact) mass is 389 g/mol. The summed E-state index contributed by atoms with van der Waals surface area (Å²) in [4.78, 5) is 0. The Morgan fingerprint density at radius 1 is 0.963 bits per heavy atom. The van der Waals surface area contributed by atoms with Gasteiger partial charge in [-0.1, -0.05) is 68.5 Å². The lowest BCUT2D eigenvalue weighted by Gasteiger charge is -2.15. The first-order valence-corrected chi connectivity index (χ1v) is 10.3. The Balaban J connectivity index is 1.91. The first-order valence-electron chi connectivity index (χ1n) is 9.90. The zero-order chi connectivity index (χ0) is 19.5. The van der Waals surface area contributed by atoms with Gasteiger partial charge in [-0.25, -0.2) is 0 Å². The third-order valence-electron chi connectivity index (χ3n) is 4.75. The molecule has 0 unspecified atom stereocenters. The molecule has 2 rings (SSSR count). The Hall–Kier alpha value is -1.71. The van der Waals surface area contributed by atoms with Gasteiger partial charge in [-0.15, -0.1) is 0 Å². The van der Waals surface area contributed by atoms with Crippen molar-refractivity contribution in [2.75, 3.05) is 13.7 Å². The van der Waals surface area contributed by atoms with Gasteiger partial charge in [0.2, 0.25) is 0 Å². The van der Waals surface area contributed by atoms with E-state index in [9.17, 15) is 0 Å². The van der Waals surface area contributed by atoms with Crippen molar-refractivity contribution in [1.29, 1.82) is 0 Å². The molecule has 0 amide bonds. The number of aryl methyl sites for hydroxylation is 1. The van der Waals surface area contributed by atoms with Crippen molar-refractivity contribution in [3.05, 3.63) is 58.1 Å². The van der Waals surface area contributed by atoms with Crippen LogP contribution < -0.4 is 14.8 Å². The Morgan fingerprint density at radius 3 is 2.48 bits per heavy atom. The minimum absolute atomic E-state index is 0.495. The molecular formula is C23H32ClNO2. The molecule has 148 valence electrons. The summed E-state index contributed by atoms with van der Waals surface area (Å²) in [6.07, 6.45) is 6.41. The van der Waals surface area contributed by atoms with Gasteiger partial charge in [0, 0.05) is 17.6 Å². The fourth-order valence-electron chi connectivity index (χ4n) is 2.99. The second-order valence-electron chi connectivity index (χ2n) is 6.90. The Kier molecular flexibility index (Phi) is 9.51. The second-order valence-corrected chi connectivity index (χ2v) is 7.31. The van der Waals surface area contributed by atoms with Crippen molar-refractivity contribution in [2.45, 2.75) is 59.1 Å². The van der Waals surface area contributed by atoms with Gasteiger partial charge < -0.3 is 14.8 Å². The molecule has 0 bridgehead atoms. The Morgan fingerprint density at radius 2 is 1.74 bits per heavy atom. The molecule has 3 nitrogen and oxygen atoms in total. The van der Waals surface area contributed by atoms with Crippen LogP contribution in [-0.2, 0) is 13.2 Å². The maximum Gasteiger partial charge on any atom is 0.163 e. The van der Waals surface area contributed by atoms with Crippen LogP contribution in [0.5, 0.6) is 11.5 Å². The average molecular weight is 390 g/mol. The summed E-state index contributed by atoms with van der Waals surface area (Å²) in [5.74, 6) is 1.39. The average Bonchev–Trinajstić information content (AvgIpc) is 2.67. The quantitative estimate of drug-likeness (QED) is 0.432. The normalized spacial score (nSPS) is 10.8. The summed E-state index contributed by atoms with van der Waals surface area (Å²) >= 11 is 6.48. The molecule has 0 saturated heterocycles. The lowest BCUT2D eigenvalue weighted by atomic mass is 10.1. The van der Waals surface area contributed by atoms with Crippen LogP contribution in [0.1, 0.15) is 55.7 Å². The van der Waals surface area contributed by atoms with Crippen LogP contribution in [0.15, 0.2) is 36.4 Å². The summed E-state index contributed by atoms with van der Waals surface area (Å²) < 4.78 is 11.5. The minimum atomic E-state index is 0.495. The lowest BCUT2D eigenvalue weighted by Crippen LogP contribution is -2.15. The number of ether oxygens (including phenoxy) is 2. The number of nitrogens with one attached hydrogen (secondary N) is 1. The zero-order valence-corrected chi connectivity index (χ0v) is 17.6. The molecular weight excluding hydrogens is 358 g/mol. The van der Waals surface area contributed by atoms with Crippen LogP contribution in [0.4, 0.5) is 0 Å². The van der Waals surface area contributed by atoms with Crippen molar-refractivity contribution in [3.63, 3.8) is 0 Å². The number of hydrogen-bond donors (Lipinski definition) is 1. The zero-order valence-electron chi connectivity index (χ0n) is 16.8. The summed E-state index contributed by atoms with van der Waals surface area (Å²) in [5, 5.41) is 4.18. The summed E-state index contributed by atoms with van der Waals surface area (Å²) in [7, 11) is 1.66. The molecule has 2 aromatic rings. The van der Waals surface area contributed by atoms with Gasteiger partial charge in [-0.2, -0.15) is 0 Å². The van der Waals surface area contributed by atoms with E-state index in [4.69, 9.17) is 21.1 Å². The highest BCUT2D eigenvalue weighted by molar-refractivity contribution is 6.31. The van der Waals surface area contributed by atoms with E-state index < -0.39 is 0 Å². The van der Waals surface area contributed by atoms with Crippen LogP contribution in [-0.4, -0.2) is 13.7 Å². The summed E-state index contributed by atoms with van der Waals surface area (Å²) in [6.45, 7) is 6.56. The van der Waals surface area contributed by atoms with E-state index in [1.54, 1.807) is 7.11 Å². The van der Waals surface area contributed by atoms with Crippen molar-refractivity contribution in [1.82, 2.24) is 5.32 Å². The second kappa shape index (κ2) is 11.9. The fraction of sp³-hybridized carbons (Fsp3) is 0.478. The molecule has 0 aliphatic carbocycles. The highest BCUT2D eigenvalue weighted by Crippen LogP contribution is 2.34. The largest absolute Gasteiger partial charge is 0.493 e. The van der Waals surface area contributed by atoms with E-state index in [-0.39, 0.29) is 0 Å². The Bertz CT molecular complexity index is 703. The minimum Gasteiger partial charge on any atom is -0.493 e. The molecule has 0 heterocycles. The number of unbranched alkanes of at least 4 members (excludes halogenated alkanes) is 4. The number of hydrogen-bond acceptors (Lipinski definition) is 3. The maximum atomic E-state index is 6.48. The molecule has 0 aliphatic heterocycles. The van der Waals surface area contributed by atoms with Crippen LogP contribution in [0.3, 0.4) is 0 Å². The topological polar surface area (TPSA) is 30.5 Å². The molecule has 1 N–H and O–H groups in total. The van der Waals surface area contributed by atoms with E-state index in [2.05, 4.69) is 31.3 Å². The molecule has 0 aliphatic rings. The summed E-state index contributed by atoms with van der Waals surface area (Å²) in [6, 6.07) is 12.0. The highest BCUT2D eigenvalue weighted by atomic mass is 35.5. The SMILES string of the molecule is CCCCCCCNCc1cc(OC)c(OCc2ccccc2C)cc1Cl. The standard InChI is InChI=1S/C23H32ClNO2/c1-4-5-6-7-10-13-25-16-20-14-22(26-3)23(15-21(20)24)27-17-19-12-9-8-11-18(19)2/h8-9,11-12,14-15,25H,4-7,10,13,16-17H2,1-3H3. The molecule has 0 radical (unpaired) electrons. The van der Waals surface area contributed by atoms with Crippen LogP contribution in [0.25, 0.3) is 0 Å². The van der Waals surface area contributed by atoms with Gasteiger partial charge in [-0.3, -0.25) is 0 Å². The van der Waals surface area contributed by atoms with E-state index in [1.165, 1.54) is 37.7 Å². The van der Waals surface area contributed by atoms with Gasteiger partial charge in [0.05, 0.1) is 7.11 Å². The third-order valence-corrected chi connectivity index (χ3v) is 5.10. The van der Waals surface area contributed by atoms with Crippen LogP contribution in [0.2, 0.25) is 5.02 Å². The molecule has 4 heteroatoms. The predicted octanol–water partition coefficient (Wildman–Crippen LogP) is 6.30. The predicted molar refractivity (Wildman–Crippen MR) is 114 cm³/mol. The van der Waals surface area contributed by atoms with E-state index in [0.717, 1.165) is 24.2 Å². The first kappa shape index (κ1) is 21.6. The molecule has 27 heavy (non-hydrogen) atoms. The number of rotatable bonds is 12. The lowest BCUT2D eigenvalue weighted by molar-refractivity contribution is 0.283.